The summed E-state index contributed by atoms with van der Waals surface area (Å²) in [5, 5.41) is 6.31. The third kappa shape index (κ3) is 5.94. The Morgan fingerprint density at radius 3 is 2.77 bits per heavy atom. The summed E-state index contributed by atoms with van der Waals surface area (Å²) in [6, 6.07) is 8.38. The first-order valence-electron chi connectivity index (χ1n) is 8.33. The highest BCUT2D eigenvalue weighted by molar-refractivity contribution is 5.67. The summed E-state index contributed by atoms with van der Waals surface area (Å²) in [5.41, 5.74) is 9.49. The van der Waals surface area contributed by atoms with Crippen molar-refractivity contribution >= 4 is 12.1 Å². The van der Waals surface area contributed by atoms with E-state index in [0.717, 1.165) is 5.56 Å². The summed E-state index contributed by atoms with van der Waals surface area (Å²) in [6.07, 6.45) is -0.897. The molecule has 1 aromatic rings. The average molecular weight is 362 g/mol. The van der Waals surface area contributed by atoms with Crippen LogP contribution in [-0.2, 0) is 25.6 Å². The van der Waals surface area contributed by atoms with E-state index < -0.39 is 30.5 Å². The number of nitrogens with one attached hydrogen (secondary N) is 1. The molecule has 0 aromatic heterocycles. The van der Waals surface area contributed by atoms with Gasteiger partial charge < -0.3 is 19.5 Å². The predicted octanol–water partition coefficient (Wildman–Crippen LogP) is 3.05. The van der Waals surface area contributed by atoms with Gasteiger partial charge in [-0.3, -0.25) is 4.79 Å². The number of amides is 1. The molecule has 0 bridgehead atoms. The fraction of sp³-hybridized carbons (Fsp3) is 0.529. The summed E-state index contributed by atoms with van der Waals surface area (Å²) >= 11 is 0. The summed E-state index contributed by atoms with van der Waals surface area (Å²) in [4.78, 5) is 25.9. The normalized spacial score (nSPS) is 23.2. The van der Waals surface area contributed by atoms with E-state index in [0.29, 0.717) is 12.8 Å². The Balaban J connectivity index is 1.85. The highest BCUT2D eigenvalue weighted by Crippen LogP contribution is 2.25. The number of nitrogens with zero attached hydrogens (tertiary/aromatic N) is 3. The van der Waals surface area contributed by atoms with Crippen molar-refractivity contribution in [2.45, 2.75) is 57.8 Å². The van der Waals surface area contributed by atoms with E-state index in [2.05, 4.69) is 15.3 Å². The molecule has 1 amide bonds. The number of azide groups is 1. The molecular weight excluding hydrogens is 340 g/mol. The van der Waals surface area contributed by atoms with Crippen LogP contribution in [0, 0.1) is 0 Å². The largest absolute Gasteiger partial charge is 0.445 e. The summed E-state index contributed by atoms with van der Waals surface area (Å²) in [6.45, 7) is 3.19. The van der Waals surface area contributed by atoms with Crippen LogP contribution in [0.15, 0.2) is 35.4 Å². The first kappa shape index (κ1) is 19.6. The fourth-order valence-electron chi connectivity index (χ4n) is 2.66. The molecule has 1 aliphatic heterocycles. The smallest absolute Gasteiger partial charge is 0.407 e. The molecule has 1 N–H and O–H groups in total. The van der Waals surface area contributed by atoms with Crippen LogP contribution in [0.4, 0.5) is 4.79 Å². The molecule has 0 saturated carbocycles. The fourth-order valence-corrected chi connectivity index (χ4v) is 2.66. The molecule has 9 heteroatoms. The van der Waals surface area contributed by atoms with Crippen LogP contribution in [0.1, 0.15) is 32.3 Å². The van der Waals surface area contributed by atoms with Crippen molar-refractivity contribution in [1.82, 2.24) is 5.32 Å². The van der Waals surface area contributed by atoms with Crippen molar-refractivity contribution in [3.05, 3.63) is 46.3 Å². The number of hydrogen-bond acceptors (Lipinski definition) is 6. The van der Waals surface area contributed by atoms with Crippen molar-refractivity contribution in [2.24, 2.45) is 5.11 Å². The molecule has 26 heavy (non-hydrogen) atoms. The second-order valence-electron chi connectivity index (χ2n) is 6.00. The molecule has 1 fully saturated rings. The zero-order valence-electron chi connectivity index (χ0n) is 14.7. The van der Waals surface area contributed by atoms with Crippen LogP contribution in [-0.4, -0.2) is 36.5 Å². The van der Waals surface area contributed by atoms with Crippen LogP contribution in [0.2, 0.25) is 0 Å². The van der Waals surface area contributed by atoms with E-state index in [1.54, 1.807) is 6.92 Å². The number of ether oxygens (including phenoxy) is 3. The van der Waals surface area contributed by atoms with Gasteiger partial charge in [0.2, 0.25) is 6.29 Å². The van der Waals surface area contributed by atoms with Crippen molar-refractivity contribution in [2.75, 3.05) is 0 Å². The van der Waals surface area contributed by atoms with Gasteiger partial charge in [0, 0.05) is 11.8 Å². The molecule has 140 valence electrons. The van der Waals surface area contributed by atoms with Crippen molar-refractivity contribution in [3.8, 4) is 0 Å². The zero-order chi connectivity index (χ0) is 18.9. The number of carbonyl (C=O) groups excluding carboxylic acids is 2. The number of rotatable bonds is 6. The molecule has 1 aromatic carbocycles. The molecule has 0 spiro atoms. The van der Waals surface area contributed by atoms with E-state index in [1.807, 2.05) is 30.3 Å². The lowest BCUT2D eigenvalue weighted by atomic mass is 10.00. The molecule has 0 radical (unpaired) electrons. The molecule has 1 heterocycles. The van der Waals surface area contributed by atoms with Crippen molar-refractivity contribution in [1.29, 1.82) is 0 Å². The predicted molar refractivity (Wildman–Crippen MR) is 91.8 cm³/mol. The standard InChI is InChI=1S/C17H22N4O5/c1-11(19-17(23)24-10-13-6-4-3-5-7-13)15-9-8-14(20-21-18)16(26-15)25-12(2)22/h3-7,11,14-16H,8-10H2,1-2H3,(H,19,23)/t11-,14?,15+,16?/m1/s1. The molecular formula is C17H22N4O5. The van der Waals surface area contributed by atoms with Gasteiger partial charge in [0.25, 0.3) is 0 Å². The van der Waals surface area contributed by atoms with Gasteiger partial charge >= 0.3 is 12.1 Å². The molecule has 1 saturated heterocycles. The Hall–Kier alpha value is -2.77. The Kier molecular flexibility index (Phi) is 7.25. The van der Waals surface area contributed by atoms with E-state index in [-0.39, 0.29) is 12.6 Å². The van der Waals surface area contributed by atoms with Crippen molar-refractivity contribution in [3.63, 3.8) is 0 Å². The van der Waals surface area contributed by atoms with Gasteiger partial charge in [-0.1, -0.05) is 35.4 Å². The van der Waals surface area contributed by atoms with Crippen LogP contribution >= 0.6 is 0 Å². The maximum atomic E-state index is 12.0. The lowest BCUT2D eigenvalue weighted by Crippen LogP contribution is -2.49. The minimum atomic E-state index is -0.966. The van der Waals surface area contributed by atoms with E-state index in [9.17, 15) is 9.59 Å². The highest BCUT2D eigenvalue weighted by Gasteiger charge is 2.35. The summed E-state index contributed by atoms with van der Waals surface area (Å²) in [5.74, 6) is -0.531. The third-order valence-electron chi connectivity index (χ3n) is 3.97. The number of benzene rings is 1. The topological polar surface area (TPSA) is 123 Å². The van der Waals surface area contributed by atoms with Gasteiger partial charge in [0.1, 0.15) is 12.6 Å². The second kappa shape index (κ2) is 9.65. The van der Waals surface area contributed by atoms with Crippen LogP contribution in [0.5, 0.6) is 0 Å². The first-order chi connectivity index (χ1) is 12.5. The van der Waals surface area contributed by atoms with E-state index >= 15 is 0 Å². The lowest BCUT2D eigenvalue weighted by molar-refractivity contribution is -0.209. The SMILES string of the molecule is CC(=O)OC1O[C@H]([C@@H](C)NC(=O)OCc2ccccc2)CCC1N=[N+]=[N-]. The monoisotopic (exact) mass is 362 g/mol. The highest BCUT2D eigenvalue weighted by atomic mass is 16.7. The van der Waals surface area contributed by atoms with E-state index in [4.69, 9.17) is 19.7 Å². The first-order valence-corrected chi connectivity index (χ1v) is 8.33. The number of alkyl carbamates (subject to hydrolysis) is 1. The van der Waals surface area contributed by atoms with Gasteiger partial charge in [-0.05, 0) is 30.9 Å². The lowest BCUT2D eigenvalue weighted by Gasteiger charge is -2.36. The molecule has 4 atom stereocenters. The van der Waals surface area contributed by atoms with Crippen LogP contribution in [0.3, 0.4) is 0 Å². The molecule has 0 aliphatic carbocycles. The van der Waals surface area contributed by atoms with E-state index in [1.165, 1.54) is 6.92 Å². The number of esters is 1. The number of carbonyl (C=O) groups is 2. The summed E-state index contributed by atoms with van der Waals surface area (Å²) in [7, 11) is 0. The average Bonchev–Trinajstić information content (AvgIpc) is 2.62. The zero-order valence-corrected chi connectivity index (χ0v) is 14.7. The molecule has 1 aliphatic rings. The van der Waals surface area contributed by atoms with Gasteiger partial charge in [0.15, 0.2) is 0 Å². The van der Waals surface area contributed by atoms with Gasteiger partial charge in [0.05, 0.1) is 12.1 Å². The van der Waals surface area contributed by atoms with Crippen LogP contribution < -0.4 is 5.32 Å². The quantitative estimate of drug-likeness (QED) is 0.360. The van der Waals surface area contributed by atoms with Crippen molar-refractivity contribution < 1.29 is 23.8 Å². The Morgan fingerprint density at radius 1 is 1.38 bits per heavy atom. The molecule has 2 unspecified atom stereocenters. The third-order valence-corrected chi connectivity index (χ3v) is 3.97. The van der Waals surface area contributed by atoms with Crippen LogP contribution in [0.25, 0.3) is 10.4 Å². The second-order valence-corrected chi connectivity index (χ2v) is 6.00. The Bertz CT molecular complexity index is 662. The molecule has 9 nitrogen and oxygen atoms in total. The summed E-state index contributed by atoms with van der Waals surface area (Å²) < 4.78 is 16.0. The minimum absolute atomic E-state index is 0.167. The maximum absolute atomic E-state index is 12.0. The van der Waals surface area contributed by atoms with Gasteiger partial charge in [-0.25, -0.2) is 4.79 Å². The number of hydrogen-bond donors (Lipinski definition) is 1. The molecule has 2 rings (SSSR count). The minimum Gasteiger partial charge on any atom is -0.445 e. The Labute approximate surface area is 151 Å². The Morgan fingerprint density at radius 2 is 2.12 bits per heavy atom. The maximum Gasteiger partial charge on any atom is 0.407 e. The van der Waals surface area contributed by atoms with Gasteiger partial charge in [-0.15, -0.1) is 0 Å². The van der Waals surface area contributed by atoms with Gasteiger partial charge in [-0.2, -0.15) is 0 Å².